The van der Waals surface area contributed by atoms with Crippen LogP contribution in [0.15, 0.2) is 34.9 Å². The first-order valence-electron chi connectivity index (χ1n) is 43.6. The monoisotopic (exact) mass is 1510 g/mol. The zero-order chi connectivity index (χ0) is 79.6. The molecule has 10 fully saturated rings. The van der Waals surface area contributed by atoms with Gasteiger partial charge in [-0.15, -0.1) is 0 Å². The number of hydrogen-bond acceptors (Lipinski definition) is 13. The quantitative estimate of drug-likeness (QED) is 0.0287. The predicted molar refractivity (Wildman–Crippen MR) is 423 cm³/mol. The van der Waals surface area contributed by atoms with E-state index in [0.29, 0.717) is 51.2 Å². The molecule has 1 aliphatic heterocycles. The molecule has 13 rings (SSSR count). The number of carbonyl (C=O) groups excluding carboxylic acids is 4. The Balaban J connectivity index is 0.000000166. The lowest BCUT2D eigenvalue weighted by Gasteiger charge is -2.59. The Morgan fingerprint density at radius 2 is 0.778 bits per heavy atom. The van der Waals surface area contributed by atoms with Crippen LogP contribution in [0, 0.1) is 121 Å². The summed E-state index contributed by atoms with van der Waals surface area (Å²) < 4.78 is 15.6. The normalized spacial score (nSPS) is 41.6. The van der Waals surface area contributed by atoms with Gasteiger partial charge in [0.2, 0.25) is 0 Å². The van der Waals surface area contributed by atoms with Crippen molar-refractivity contribution < 1.29 is 73.6 Å². The van der Waals surface area contributed by atoms with E-state index in [9.17, 15) is 49.2 Å². The maximum atomic E-state index is 12.3. The molecule has 612 valence electrons. The van der Waals surface area contributed by atoms with E-state index in [1.54, 1.807) is 5.57 Å². The number of carboxylic acid groups (broad SMARTS) is 2. The van der Waals surface area contributed by atoms with Crippen molar-refractivity contribution in [2.45, 2.75) is 389 Å². The molecule has 0 spiro atoms. The maximum absolute atomic E-state index is 12.3. The highest BCUT2D eigenvalue weighted by atomic mass is 16.6. The largest absolute Gasteiger partial charge is 0.481 e. The number of cyclic esters (lactones) is 2. The highest BCUT2D eigenvalue weighted by Crippen LogP contribution is 2.72. The van der Waals surface area contributed by atoms with E-state index >= 15 is 0 Å². The summed E-state index contributed by atoms with van der Waals surface area (Å²) in [5.41, 5.74) is 3.41. The van der Waals surface area contributed by atoms with Crippen LogP contribution in [-0.4, -0.2) is 100 Å². The van der Waals surface area contributed by atoms with Crippen LogP contribution in [0.1, 0.15) is 356 Å². The first kappa shape index (κ1) is 86.5. The molecule has 108 heavy (non-hydrogen) atoms. The van der Waals surface area contributed by atoms with Crippen LogP contribution in [0.4, 0.5) is 0 Å². The number of aliphatic carboxylic acids is 2. The Bertz CT molecular complexity index is 3330. The van der Waals surface area contributed by atoms with Gasteiger partial charge in [0.1, 0.15) is 11.2 Å². The summed E-state index contributed by atoms with van der Waals surface area (Å²) in [4.78, 5) is 66.0. The van der Waals surface area contributed by atoms with Gasteiger partial charge in [-0.3, -0.25) is 28.8 Å². The van der Waals surface area contributed by atoms with Gasteiger partial charge >= 0.3 is 35.8 Å². The number of carboxylic acids is 2. The predicted octanol–water partition coefficient (Wildman–Crippen LogP) is 20.2. The molecule has 6 N–H and O–H groups in total. The fraction of sp³-hybridized carbons (Fsp3) is 0.871. The van der Waals surface area contributed by atoms with Crippen molar-refractivity contribution in [3.05, 3.63) is 34.9 Å². The Morgan fingerprint density at radius 1 is 0.444 bits per heavy atom. The lowest BCUT2D eigenvalue weighted by molar-refractivity contribution is -0.164. The molecular weight excluding hydrogens is 1360 g/mol. The van der Waals surface area contributed by atoms with Gasteiger partial charge in [0.05, 0.1) is 60.9 Å². The van der Waals surface area contributed by atoms with Crippen molar-refractivity contribution in [2.75, 3.05) is 0 Å². The lowest BCUT2D eigenvalue weighted by Crippen LogP contribution is -2.52. The van der Waals surface area contributed by atoms with Crippen LogP contribution < -0.4 is 0 Å². The van der Waals surface area contributed by atoms with Crippen molar-refractivity contribution in [3.63, 3.8) is 0 Å². The third-order valence-corrected chi connectivity index (χ3v) is 33.6. The van der Waals surface area contributed by atoms with Crippen LogP contribution >= 0.6 is 0 Å². The van der Waals surface area contributed by atoms with Gasteiger partial charge in [0, 0.05) is 6.42 Å². The van der Waals surface area contributed by atoms with Crippen LogP contribution in [-0.2, 0) is 43.0 Å². The molecule has 15 heteroatoms. The SMILES string of the molecule is C[C@H](CCC(C)(C)O)[C@H]1CC[C@H]2[C@@H]3CC=C4C[C@@](C)(O)CC[C@]4(C)[C@H]3CC[C@]12C.C[C@H](CCC(C)(C)O)[C@H]1CC[C@H]2[C@@H]3CC=C4C[C@@](C)(OC(=O)CCC(=O)O)CC[C@]4(C)[C@H]3CC[C@]12C.C[C@H](CCC(C)(C)OC(=O)CCC(=O)O)[C@H]1CC[C@H]2[C@@H]3CC=C4C[C@@](C)(O)CC[C@]4(C)[C@H]3CC[C@]12C.O=C1CCC(=O)O1. The highest BCUT2D eigenvalue weighted by Gasteiger charge is 2.64. The van der Waals surface area contributed by atoms with Crippen molar-refractivity contribution in [1.82, 2.24) is 0 Å². The van der Waals surface area contributed by atoms with Crippen molar-refractivity contribution in [3.8, 4) is 0 Å². The Hall–Kier alpha value is -3.92. The molecule has 0 amide bonds. The molecule has 1 saturated heterocycles. The Morgan fingerprint density at radius 3 is 1.11 bits per heavy atom. The average molecular weight is 1510 g/mol. The summed E-state index contributed by atoms with van der Waals surface area (Å²) in [5, 5.41) is 59.6. The second-order valence-electron chi connectivity index (χ2n) is 43.0. The molecule has 0 aromatic rings. The number of allylic oxidation sites excluding steroid dienone is 3. The summed E-state index contributed by atoms with van der Waals surface area (Å²) in [6.45, 7) is 40.4. The van der Waals surface area contributed by atoms with E-state index < -0.39 is 63.5 Å². The van der Waals surface area contributed by atoms with Crippen LogP contribution in [0.5, 0.6) is 0 Å². The van der Waals surface area contributed by atoms with Gasteiger partial charge < -0.3 is 44.8 Å². The van der Waals surface area contributed by atoms with Crippen LogP contribution in [0.25, 0.3) is 0 Å². The molecule has 0 radical (unpaired) electrons. The summed E-state index contributed by atoms with van der Waals surface area (Å²) in [7, 11) is 0. The Kier molecular flexibility index (Phi) is 25.9. The van der Waals surface area contributed by atoms with Crippen LogP contribution in [0.3, 0.4) is 0 Å². The number of rotatable bonds is 20. The molecule has 0 aromatic carbocycles. The average Bonchev–Trinajstić information content (AvgIpc) is 1.37. The lowest BCUT2D eigenvalue weighted by atomic mass is 9.46. The molecule has 13 aliphatic rings. The van der Waals surface area contributed by atoms with Crippen molar-refractivity contribution >= 4 is 35.8 Å². The summed E-state index contributed by atoms with van der Waals surface area (Å²) in [5.74, 6) is 7.75. The van der Waals surface area contributed by atoms with Gasteiger partial charge in [-0.2, -0.15) is 0 Å². The van der Waals surface area contributed by atoms with E-state index in [2.05, 4.69) is 85.3 Å². The van der Waals surface area contributed by atoms with E-state index in [-0.39, 0.29) is 55.3 Å². The topological polar surface area (TPSA) is 251 Å². The molecule has 9 saturated carbocycles. The molecule has 0 unspecified atom stereocenters. The number of hydrogen-bond donors (Lipinski definition) is 6. The standard InChI is InChI=1S/2C31H50O5.C27H46O2.C4H4O3/c1-20(13-15-28(2,3)36-27(34)12-11-26(32)33)23-9-10-24-22-8-7-21-19-29(4,35)17-18-30(21,5)25(22)14-16-31(23,24)6;1-20(13-15-28(2,3)35)23-9-10-24-22-8-7-21-19-29(4,36-27(34)12-11-26(32)33)17-18-30(21,5)25(22)14-16-31(23,24)6;1-18(11-13-24(2,3)28)21-9-10-22-20-8-7-19-17-25(4,29)15-16-26(19,5)23(20)12-14-27(21,22)6;5-3-1-2-4(6)7-3/h2*7,20,22-25,35H,8-19H2,1-6H3,(H,32,33);7,18,20-23,28-29H,8-17H2,1-6H3;1-2H2/t2*20-,22+,23-,24+,25+,29+,30+,31-;18-,20+,21-,22+,23+,25+,26+,27-;/m111./s1. The molecule has 24 atom stereocenters. The fourth-order valence-corrected chi connectivity index (χ4v) is 27.3. The Labute approximate surface area is 651 Å². The van der Waals surface area contributed by atoms with E-state index in [1.165, 1.54) is 107 Å². The first-order chi connectivity index (χ1) is 50.0. The van der Waals surface area contributed by atoms with Gasteiger partial charge in [0.25, 0.3) is 0 Å². The van der Waals surface area contributed by atoms with Gasteiger partial charge in [-0.25, -0.2) is 0 Å². The second kappa shape index (κ2) is 32.4. The van der Waals surface area contributed by atoms with Gasteiger partial charge in [-0.05, 0) is 370 Å². The van der Waals surface area contributed by atoms with Gasteiger partial charge in [0.15, 0.2) is 0 Å². The zero-order valence-corrected chi connectivity index (χ0v) is 70.7. The number of carbonyl (C=O) groups is 6. The molecule has 0 bridgehead atoms. The second-order valence-corrected chi connectivity index (χ2v) is 43.0. The minimum Gasteiger partial charge on any atom is -0.481 e. The third kappa shape index (κ3) is 18.9. The number of esters is 4. The molecule has 1 heterocycles. The molecule has 15 nitrogen and oxygen atoms in total. The van der Waals surface area contributed by atoms with Crippen LogP contribution in [0.2, 0.25) is 0 Å². The van der Waals surface area contributed by atoms with Crippen molar-refractivity contribution in [2.24, 2.45) is 121 Å². The fourth-order valence-electron chi connectivity index (χ4n) is 27.3. The third-order valence-electron chi connectivity index (χ3n) is 33.6. The molecule has 0 aromatic heterocycles. The number of aliphatic hydroxyl groups is 4. The van der Waals surface area contributed by atoms with E-state index in [4.69, 9.17) is 19.7 Å². The smallest absolute Gasteiger partial charge is 0.314 e. The van der Waals surface area contributed by atoms with E-state index in [1.807, 2.05) is 62.3 Å². The number of ether oxygens (including phenoxy) is 3. The summed E-state index contributed by atoms with van der Waals surface area (Å²) in [6.07, 6.45) is 41.8. The molecular formula is C93H150O15. The van der Waals surface area contributed by atoms with Crippen molar-refractivity contribution in [1.29, 1.82) is 0 Å². The minimum absolute atomic E-state index is 0.0540. The minimum atomic E-state index is -0.967. The summed E-state index contributed by atoms with van der Waals surface area (Å²) in [6, 6.07) is 0. The summed E-state index contributed by atoms with van der Waals surface area (Å²) >= 11 is 0. The van der Waals surface area contributed by atoms with Gasteiger partial charge in [-0.1, -0.05) is 97.3 Å². The highest BCUT2D eigenvalue weighted by molar-refractivity contribution is 5.92. The zero-order valence-electron chi connectivity index (χ0n) is 70.7. The molecule has 12 aliphatic carbocycles. The van der Waals surface area contributed by atoms with E-state index in [0.717, 1.165) is 155 Å². The number of fused-ring (bicyclic) bond motifs is 15. The first-order valence-corrected chi connectivity index (χ1v) is 43.6. The maximum Gasteiger partial charge on any atom is 0.314 e.